The van der Waals surface area contributed by atoms with Gasteiger partial charge in [0.15, 0.2) is 0 Å². The molecule has 0 aromatic heterocycles. The number of rotatable bonds is 21. The predicted octanol–water partition coefficient (Wildman–Crippen LogP) is 13.2. The average Bonchev–Trinajstić information content (AvgIpc) is 3.36. The van der Waals surface area contributed by atoms with Crippen LogP contribution in [0.5, 0.6) is 0 Å². The van der Waals surface area contributed by atoms with E-state index in [1.807, 2.05) is 58.3 Å². The Morgan fingerprint density at radius 1 is 0.507 bits per heavy atom. The summed E-state index contributed by atoms with van der Waals surface area (Å²) in [4.78, 5) is 29.4. The number of unbranched alkanes of at least 4 members (excludes halogenated alkanes) is 6. The van der Waals surface area contributed by atoms with Gasteiger partial charge >= 0.3 is 18.3 Å². The number of fused-ring (bicyclic) bond motifs is 4. The van der Waals surface area contributed by atoms with Gasteiger partial charge in [0, 0.05) is 105 Å². The molecule has 0 unspecified atom stereocenters. The largest absolute Gasteiger partial charge is 0.464 e. The molecule has 2 saturated heterocycles. The standard InChI is InChI=1S/C32H44F3N3O2S.C22H26F3N3OS.2ClH/c1-2-3-4-5-6-7-8-14-31(39)40-24-23-37-21-19-36(20-22-37)17-11-18-38-27-12-9-10-13-29(27)41-30-16-15-26(25-28(30)38)32(33,34)35;23-22(24,25)17-6-7-21-19(16-17)28(18-4-1-2-5-20(18)30-21)9-3-8-26-10-12-27(13-11-26)14-15-29;;/h9-10,12-13,15-16,25H,2-8,11,14,17-24H2,1H3;1-2,4-7,16,29H,3,8-15H2;2*1H. The summed E-state index contributed by atoms with van der Waals surface area (Å²) in [5.74, 6) is -0.0844. The Balaban J connectivity index is 0.000000275. The smallest absolute Gasteiger partial charge is 0.416 e. The number of hydrogen-bond donors (Lipinski definition) is 1. The average molecular weight is 1100 g/mol. The normalized spacial score (nSPS) is 16.2. The number of carbonyl (C=O) groups is 1. The molecule has 1 N–H and O–H groups in total. The van der Waals surface area contributed by atoms with Crippen molar-refractivity contribution in [2.45, 2.75) is 103 Å². The van der Waals surface area contributed by atoms with Crippen molar-refractivity contribution in [3.05, 3.63) is 96.1 Å². The van der Waals surface area contributed by atoms with Gasteiger partial charge in [-0.15, -0.1) is 24.8 Å². The van der Waals surface area contributed by atoms with Crippen LogP contribution in [0.15, 0.2) is 105 Å². The lowest BCUT2D eigenvalue weighted by Crippen LogP contribution is -2.47. The summed E-state index contributed by atoms with van der Waals surface area (Å²) in [6.07, 6.45) is 1.85. The van der Waals surface area contributed by atoms with Gasteiger partial charge in [-0.2, -0.15) is 26.3 Å². The van der Waals surface area contributed by atoms with E-state index >= 15 is 0 Å². The molecule has 0 atom stereocenters. The van der Waals surface area contributed by atoms with Crippen molar-refractivity contribution >= 4 is 77.1 Å². The fraction of sp³-hybridized carbons (Fsp3) is 0.537. The maximum absolute atomic E-state index is 13.5. The summed E-state index contributed by atoms with van der Waals surface area (Å²) in [5, 5.41) is 9.07. The number of nitrogens with zero attached hydrogens (tertiary/aromatic N) is 6. The summed E-state index contributed by atoms with van der Waals surface area (Å²) in [6.45, 7) is 15.0. The van der Waals surface area contributed by atoms with Gasteiger partial charge in [-0.05, 0) is 93.0 Å². The zero-order valence-corrected chi connectivity index (χ0v) is 45.1. The van der Waals surface area contributed by atoms with Crippen molar-refractivity contribution in [2.24, 2.45) is 0 Å². The third kappa shape index (κ3) is 17.8. The van der Waals surface area contributed by atoms with Crippen LogP contribution in [-0.2, 0) is 21.9 Å². The van der Waals surface area contributed by atoms with Crippen molar-refractivity contribution in [2.75, 3.05) is 115 Å². The summed E-state index contributed by atoms with van der Waals surface area (Å²) < 4.78 is 85.8. The lowest BCUT2D eigenvalue weighted by Gasteiger charge is -2.36. The van der Waals surface area contributed by atoms with Gasteiger partial charge in [-0.1, -0.05) is 93.2 Å². The van der Waals surface area contributed by atoms with Gasteiger partial charge in [-0.25, -0.2) is 0 Å². The number of β-amino-alcohol motifs (C(OH)–C–C–N with tert-alkyl or cyclic N) is 1. The monoisotopic (exact) mass is 1100 g/mol. The third-order valence-corrected chi connectivity index (χ3v) is 15.9. The first-order chi connectivity index (χ1) is 34.3. The van der Waals surface area contributed by atoms with E-state index in [2.05, 4.69) is 26.5 Å². The molecule has 0 radical (unpaired) electrons. The van der Waals surface area contributed by atoms with Crippen LogP contribution < -0.4 is 9.80 Å². The summed E-state index contributed by atoms with van der Waals surface area (Å²) in [7, 11) is 0. The van der Waals surface area contributed by atoms with E-state index in [1.165, 1.54) is 79.9 Å². The highest BCUT2D eigenvalue weighted by Crippen LogP contribution is 2.51. The number of aliphatic hydroxyl groups is 1. The number of benzene rings is 4. The van der Waals surface area contributed by atoms with E-state index in [9.17, 15) is 31.1 Å². The highest BCUT2D eigenvalue weighted by atomic mass is 35.5. The second-order valence-electron chi connectivity index (χ2n) is 18.7. The summed E-state index contributed by atoms with van der Waals surface area (Å²) >= 11 is 3.05. The molecule has 4 aliphatic heterocycles. The number of anilines is 4. The maximum atomic E-state index is 13.5. The van der Waals surface area contributed by atoms with Gasteiger partial charge in [0.1, 0.15) is 6.61 Å². The van der Waals surface area contributed by atoms with Crippen molar-refractivity contribution < 1.29 is 41.0 Å². The number of para-hydroxylation sites is 2. The zero-order valence-electron chi connectivity index (χ0n) is 41.8. The molecule has 0 saturated carbocycles. The van der Waals surface area contributed by atoms with E-state index in [-0.39, 0.29) is 37.4 Å². The van der Waals surface area contributed by atoms with E-state index in [1.54, 1.807) is 12.1 Å². The predicted molar refractivity (Wildman–Crippen MR) is 288 cm³/mol. The van der Waals surface area contributed by atoms with Crippen LogP contribution in [0.3, 0.4) is 0 Å². The van der Waals surface area contributed by atoms with Crippen LogP contribution in [0.25, 0.3) is 0 Å². The van der Waals surface area contributed by atoms with Gasteiger partial charge in [0.2, 0.25) is 0 Å². The van der Waals surface area contributed by atoms with E-state index in [0.717, 1.165) is 129 Å². The van der Waals surface area contributed by atoms with Crippen LogP contribution in [-0.4, -0.2) is 136 Å². The minimum atomic E-state index is -4.37. The molecular weight excluding hydrogens is 1030 g/mol. The number of alkyl halides is 6. The Kier molecular flexibility index (Phi) is 24.7. The molecule has 404 valence electrons. The second kappa shape index (κ2) is 29.8. The number of aliphatic hydroxyl groups excluding tert-OH is 1. The molecule has 9 nitrogen and oxygen atoms in total. The fourth-order valence-corrected chi connectivity index (χ4v) is 11.8. The number of piperazine rings is 2. The van der Waals surface area contributed by atoms with Crippen molar-refractivity contribution in [3.8, 4) is 0 Å². The molecule has 4 aliphatic rings. The van der Waals surface area contributed by atoms with Crippen molar-refractivity contribution in [3.63, 3.8) is 0 Å². The maximum Gasteiger partial charge on any atom is 0.416 e. The minimum absolute atomic E-state index is 0. The molecule has 0 amide bonds. The first kappa shape index (κ1) is 60.5. The van der Waals surface area contributed by atoms with E-state index < -0.39 is 23.5 Å². The van der Waals surface area contributed by atoms with Crippen LogP contribution in [0.1, 0.15) is 82.3 Å². The van der Waals surface area contributed by atoms with E-state index in [0.29, 0.717) is 44.0 Å². The molecule has 4 heterocycles. The molecule has 19 heteroatoms. The molecule has 4 aromatic carbocycles. The Hall–Kier alpha value is -3.39. The number of carbonyl (C=O) groups excluding carboxylic acids is 1. The third-order valence-electron chi connectivity index (χ3n) is 13.6. The number of hydrogen-bond acceptors (Lipinski definition) is 11. The van der Waals surface area contributed by atoms with Gasteiger partial charge in [0.05, 0.1) is 40.5 Å². The van der Waals surface area contributed by atoms with Gasteiger partial charge in [0.25, 0.3) is 0 Å². The molecule has 0 spiro atoms. The topological polar surface area (TPSA) is 66.0 Å². The SMILES string of the molecule is CCCCCCCCCC(=O)OCCN1CCN(CCCN2c3ccccc3Sc3ccc(C(F)(F)F)cc32)CC1.Cl.Cl.OCCN1CCN(CCCN2c3ccccc3Sc3ccc(C(F)(F)F)cc32)CC1. The Labute approximate surface area is 449 Å². The van der Waals surface area contributed by atoms with Gasteiger partial charge in [-0.3, -0.25) is 14.6 Å². The summed E-state index contributed by atoms with van der Waals surface area (Å²) in [5.41, 5.74) is 2.00. The molecule has 4 aromatic rings. The second-order valence-corrected chi connectivity index (χ2v) is 20.9. The zero-order chi connectivity index (χ0) is 50.2. The lowest BCUT2D eigenvalue weighted by molar-refractivity contribution is -0.144. The molecule has 2 fully saturated rings. The van der Waals surface area contributed by atoms with Crippen LogP contribution in [0.2, 0.25) is 0 Å². The molecular formula is C54H72Cl2F6N6O3S2. The quantitative estimate of drug-likeness (QED) is 0.0493. The fourth-order valence-electron chi connectivity index (χ4n) is 9.60. The molecule has 8 rings (SSSR count). The summed E-state index contributed by atoms with van der Waals surface area (Å²) in [6, 6.07) is 23.9. The number of esters is 1. The molecule has 0 bridgehead atoms. The Bertz CT molecular complexity index is 2300. The molecule has 73 heavy (non-hydrogen) atoms. The number of ether oxygens (including phenoxy) is 1. The van der Waals surface area contributed by atoms with Crippen molar-refractivity contribution in [1.29, 1.82) is 0 Å². The van der Waals surface area contributed by atoms with Gasteiger partial charge < -0.3 is 29.4 Å². The number of halogens is 8. The minimum Gasteiger partial charge on any atom is -0.464 e. The first-order valence-electron chi connectivity index (χ1n) is 25.5. The van der Waals surface area contributed by atoms with Crippen molar-refractivity contribution in [1.82, 2.24) is 19.6 Å². The van der Waals surface area contributed by atoms with Crippen LogP contribution in [0.4, 0.5) is 49.1 Å². The Morgan fingerprint density at radius 2 is 0.904 bits per heavy atom. The highest BCUT2D eigenvalue weighted by molar-refractivity contribution is 8.00. The Morgan fingerprint density at radius 3 is 1.34 bits per heavy atom. The highest BCUT2D eigenvalue weighted by Gasteiger charge is 2.35. The van der Waals surface area contributed by atoms with Crippen LogP contribution in [0, 0.1) is 0 Å². The molecule has 0 aliphatic carbocycles. The lowest BCUT2D eigenvalue weighted by atomic mass is 10.1. The van der Waals surface area contributed by atoms with E-state index in [4.69, 9.17) is 9.84 Å². The first-order valence-corrected chi connectivity index (χ1v) is 27.1. The van der Waals surface area contributed by atoms with Crippen LogP contribution >= 0.6 is 48.3 Å².